The fourth-order valence-corrected chi connectivity index (χ4v) is 3.78. The molecule has 0 radical (unpaired) electrons. The zero-order valence-corrected chi connectivity index (χ0v) is 20.3. The number of para-hydroxylation sites is 1. The second kappa shape index (κ2) is 12.4. The zero-order chi connectivity index (χ0) is 27.9. The topological polar surface area (TPSA) is 136 Å². The number of hydrogen-bond donors (Lipinski definition) is 4. The lowest BCUT2D eigenvalue weighted by molar-refractivity contribution is -0.192. The van der Waals surface area contributed by atoms with E-state index in [-0.39, 0.29) is 12.0 Å². The Balaban J connectivity index is 0.000000505. The average molecular weight is 534 g/mol. The molecule has 4 N–H and O–H groups in total. The molecule has 0 amide bonds. The molecule has 0 spiro atoms. The van der Waals surface area contributed by atoms with Gasteiger partial charge in [-0.25, -0.2) is 4.79 Å². The number of methoxy groups -OCH3 is 1. The number of carbonyl (C=O) groups is 2. The molecule has 4 aromatic rings. The Morgan fingerprint density at radius 2 is 1.63 bits per heavy atom. The molecule has 0 aliphatic heterocycles. The molecule has 38 heavy (non-hydrogen) atoms. The quantitative estimate of drug-likeness (QED) is 0.253. The van der Waals surface area contributed by atoms with Crippen LogP contribution in [-0.2, 0) is 20.9 Å². The second-order valence-corrected chi connectivity index (χ2v) is 8.42. The number of carboxylic acid groups (broad SMARTS) is 2. The van der Waals surface area contributed by atoms with Crippen LogP contribution in [0.5, 0.6) is 0 Å². The summed E-state index contributed by atoms with van der Waals surface area (Å²) in [4.78, 5) is 40.8. The number of nitrogens with one attached hydrogen (secondary N) is 2. The Kier molecular flexibility index (Phi) is 9.26. The van der Waals surface area contributed by atoms with Crippen LogP contribution in [-0.4, -0.2) is 70.0 Å². The van der Waals surface area contributed by atoms with Gasteiger partial charge in [0.25, 0.3) is 5.56 Å². The number of aliphatic carboxylic acids is 2. The smallest absolute Gasteiger partial charge is 0.481 e. The lowest BCUT2D eigenvalue weighted by Crippen LogP contribution is -2.29. The van der Waals surface area contributed by atoms with Gasteiger partial charge in [-0.2, -0.15) is 13.2 Å². The normalized spacial score (nSPS) is 11.5. The molecule has 0 saturated carbocycles. The van der Waals surface area contributed by atoms with E-state index in [4.69, 9.17) is 19.7 Å². The number of nitrogens with zero attached hydrogens (tertiary/aromatic N) is 1. The number of rotatable bonds is 9. The van der Waals surface area contributed by atoms with Crippen molar-refractivity contribution in [3.63, 3.8) is 0 Å². The van der Waals surface area contributed by atoms with Crippen LogP contribution >= 0.6 is 0 Å². The van der Waals surface area contributed by atoms with E-state index in [1.54, 1.807) is 7.11 Å². The van der Waals surface area contributed by atoms with Gasteiger partial charge in [0.05, 0.1) is 24.3 Å². The first-order valence-electron chi connectivity index (χ1n) is 11.4. The van der Waals surface area contributed by atoms with E-state index in [1.807, 2.05) is 48.5 Å². The third-order valence-electron chi connectivity index (χ3n) is 5.63. The van der Waals surface area contributed by atoms with E-state index in [9.17, 15) is 22.8 Å². The number of aromatic nitrogens is 2. The minimum Gasteiger partial charge on any atom is -0.481 e. The zero-order valence-electron chi connectivity index (χ0n) is 20.3. The summed E-state index contributed by atoms with van der Waals surface area (Å²) in [5.74, 6) is -3.57. The molecule has 0 saturated heterocycles. The Labute approximate surface area is 214 Å². The van der Waals surface area contributed by atoms with Gasteiger partial charge < -0.3 is 24.9 Å². The summed E-state index contributed by atoms with van der Waals surface area (Å²) in [5.41, 5.74) is 4.06. The van der Waals surface area contributed by atoms with Gasteiger partial charge in [-0.1, -0.05) is 24.3 Å². The van der Waals surface area contributed by atoms with E-state index < -0.39 is 18.1 Å². The first kappa shape index (κ1) is 28.4. The molecule has 2 aromatic heterocycles. The molecule has 0 aliphatic rings. The summed E-state index contributed by atoms with van der Waals surface area (Å²) < 4.78 is 36.9. The number of hydrogen-bond acceptors (Lipinski definition) is 5. The third-order valence-corrected chi connectivity index (χ3v) is 5.63. The predicted molar refractivity (Wildman–Crippen MR) is 135 cm³/mol. The van der Waals surface area contributed by atoms with E-state index >= 15 is 0 Å². The van der Waals surface area contributed by atoms with Crippen molar-refractivity contribution in [2.45, 2.75) is 19.1 Å². The number of ether oxygens (including phenoxy) is 1. The molecular weight excluding hydrogens is 507 g/mol. The van der Waals surface area contributed by atoms with Crippen LogP contribution in [0, 0.1) is 0 Å². The van der Waals surface area contributed by atoms with Gasteiger partial charge in [-0.05, 0) is 41.3 Å². The Hall–Kier alpha value is -4.16. The van der Waals surface area contributed by atoms with E-state index in [0.717, 1.165) is 33.1 Å². The Morgan fingerprint density at radius 1 is 0.947 bits per heavy atom. The van der Waals surface area contributed by atoms with Gasteiger partial charge in [0.2, 0.25) is 0 Å². The molecule has 0 atom stereocenters. The van der Waals surface area contributed by atoms with Crippen molar-refractivity contribution >= 4 is 33.7 Å². The largest absolute Gasteiger partial charge is 0.490 e. The molecule has 0 fully saturated rings. The standard InChI is InChI=1S/C24H25N3O4.C2HF3O2/c1-31-11-10-27(9-8-23(28)29)15-16-6-7-21-18(12-16)14-22(25-21)19-13-17-4-2-3-5-20(17)26-24(19)30;3-2(4,5)1(6)7/h2-7,12-14,25H,8-11,15H2,1H3,(H,26,30)(H,28,29);(H,6,7). The maximum Gasteiger partial charge on any atom is 0.490 e. The monoisotopic (exact) mass is 533 g/mol. The summed E-state index contributed by atoms with van der Waals surface area (Å²) in [6.45, 7) is 2.29. The van der Waals surface area contributed by atoms with Gasteiger partial charge >= 0.3 is 18.1 Å². The van der Waals surface area contributed by atoms with Crippen LogP contribution in [0.1, 0.15) is 12.0 Å². The maximum absolute atomic E-state index is 12.6. The summed E-state index contributed by atoms with van der Waals surface area (Å²) in [5, 5.41) is 18.1. The summed E-state index contributed by atoms with van der Waals surface area (Å²) >= 11 is 0. The number of pyridine rings is 1. The summed E-state index contributed by atoms with van der Waals surface area (Å²) in [6.07, 6.45) is -5.00. The van der Waals surface area contributed by atoms with Crippen LogP contribution in [0.15, 0.2) is 59.4 Å². The molecule has 0 aliphatic carbocycles. The number of fused-ring (bicyclic) bond motifs is 2. The van der Waals surface area contributed by atoms with Crippen molar-refractivity contribution in [3.8, 4) is 11.3 Å². The molecule has 2 heterocycles. The van der Waals surface area contributed by atoms with Crippen molar-refractivity contribution < 1.29 is 37.7 Å². The van der Waals surface area contributed by atoms with E-state index in [1.165, 1.54) is 0 Å². The van der Waals surface area contributed by atoms with Gasteiger partial charge in [0.1, 0.15) is 0 Å². The lowest BCUT2D eigenvalue weighted by atomic mass is 10.1. The molecule has 202 valence electrons. The van der Waals surface area contributed by atoms with Gasteiger partial charge in [0, 0.05) is 43.2 Å². The number of aromatic amines is 2. The van der Waals surface area contributed by atoms with Crippen LogP contribution in [0.4, 0.5) is 13.2 Å². The van der Waals surface area contributed by atoms with Crippen LogP contribution < -0.4 is 5.56 Å². The van der Waals surface area contributed by atoms with Crippen molar-refractivity contribution in [1.29, 1.82) is 0 Å². The Bertz CT molecular complexity index is 1480. The van der Waals surface area contributed by atoms with Gasteiger partial charge in [-0.3, -0.25) is 14.5 Å². The number of H-pyrrole nitrogens is 2. The predicted octanol–water partition coefficient (Wildman–Crippen LogP) is 4.23. The maximum atomic E-state index is 12.6. The number of halogens is 3. The minimum absolute atomic E-state index is 0.0883. The number of benzene rings is 2. The highest BCUT2D eigenvalue weighted by Gasteiger charge is 2.38. The van der Waals surface area contributed by atoms with Crippen LogP contribution in [0.3, 0.4) is 0 Å². The highest BCUT2D eigenvalue weighted by Crippen LogP contribution is 2.25. The second-order valence-electron chi connectivity index (χ2n) is 8.42. The van der Waals surface area contributed by atoms with Crippen molar-refractivity contribution in [1.82, 2.24) is 14.9 Å². The first-order valence-corrected chi connectivity index (χ1v) is 11.4. The number of alkyl halides is 3. The van der Waals surface area contributed by atoms with E-state index in [2.05, 4.69) is 20.9 Å². The van der Waals surface area contributed by atoms with E-state index in [0.29, 0.717) is 31.8 Å². The highest BCUT2D eigenvalue weighted by atomic mass is 19.4. The molecule has 4 rings (SSSR count). The van der Waals surface area contributed by atoms with Crippen molar-refractivity contribution in [3.05, 3.63) is 70.5 Å². The van der Waals surface area contributed by atoms with Crippen LogP contribution in [0.2, 0.25) is 0 Å². The average Bonchev–Trinajstić information content (AvgIpc) is 3.28. The fourth-order valence-electron chi connectivity index (χ4n) is 3.78. The summed E-state index contributed by atoms with van der Waals surface area (Å²) in [6, 6.07) is 17.7. The van der Waals surface area contributed by atoms with Crippen molar-refractivity contribution in [2.75, 3.05) is 26.8 Å². The van der Waals surface area contributed by atoms with Crippen molar-refractivity contribution in [2.24, 2.45) is 0 Å². The molecule has 2 aromatic carbocycles. The summed E-state index contributed by atoms with van der Waals surface area (Å²) in [7, 11) is 1.64. The molecule has 12 heteroatoms. The molecule has 0 bridgehead atoms. The van der Waals surface area contributed by atoms with Crippen LogP contribution in [0.25, 0.3) is 33.1 Å². The SMILES string of the molecule is COCCN(CCC(=O)O)Cc1ccc2[nH]c(-c3cc4ccccc4[nH]c3=O)cc2c1.O=C(O)C(F)(F)F. The molecular formula is C26H26F3N3O6. The molecule has 0 unspecified atom stereocenters. The van der Waals surface area contributed by atoms with Gasteiger partial charge in [-0.15, -0.1) is 0 Å². The molecule has 9 nitrogen and oxygen atoms in total. The lowest BCUT2D eigenvalue weighted by Gasteiger charge is -2.21. The minimum atomic E-state index is -5.08. The fraction of sp³-hybridized carbons (Fsp3) is 0.269. The van der Waals surface area contributed by atoms with Gasteiger partial charge in [0.15, 0.2) is 0 Å². The highest BCUT2D eigenvalue weighted by molar-refractivity contribution is 5.89. The Morgan fingerprint density at radius 3 is 2.29 bits per heavy atom. The third kappa shape index (κ3) is 7.67. The first-order chi connectivity index (χ1) is 18.0. The number of carboxylic acids is 2.